The summed E-state index contributed by atoms with van der Waals surface area (Å²) in [5.41, 5.74) is 2.15. The highest BCUT2D eigenvalue weighted by atomic mass is 16.5. The number of ketones is 1. The summed E-state index contributed by atoms with van der Waals surface area (Å²) in [5, 5.41) is 9.37. The van der Waals surface area contributed by atoms with Crippen molar-refractivity contribution in [1.82, 2.24) is 15.1 Å². The number of hydrogen-bond acceptors (Lipinski definition) is 7. The highest BCUT2D eigenvalue weighted by Gasteiger charge is 2.13. The van der Waals surface area contributed by atoms with Crippen LogP contribution in [0.15, 0.2) is 40.9 Å². The average Bonchev–Trinajstić information content (AvgIpc) is 2.99. The van der Waals surface area contributed by atoms with Crippen LogP contribution in [0.4, 0.5) is 17.5 Å². The van der Waals surface area contributed by atoms with Crippen molar-refractivity contribution < 1.29 is 14.1 Å². The van der Waals surface area contributed by atoms with Gasteiger partial charge in [0.15, 0.2) is 11.6 Å². The lowest BCUT2D eigenvalue weighted by molar-refractivity contribution is 0.101. The number of hydrogen-bond donors (Lipinski definition) is 2. The molecule has 0 bridgehead atoms. The molecular weight excluding hydrogens is 334 g/mol. The molecule has 0 fully saturated rings. The van der Waals surface area contributed by atoms with Crippen molar-refractivity contribution in [3.63, 3.8) is 0 Å². The Hall–Kier alpha value is -3.55. The number of carbonyl (C=O) groups is 2. The molecular formula is C18H17N5O3. The predicted molar refractivity (Wildman–Crippen MR) is 95.7 cm³/mol. The van der Waals surface area contributed by atoms with Crippen molar-refractivity contribution >= 4 is 29.1 Å². The molecule has 0 saturated heterocycles. The second-order valence-corrected chi connectivity index (χ2v) is 5.75. The van der Waals surface area contributed by atoms with Gasteiger partial charge in [-0.15, -0.1) is 0 Å². The molecule has 26 heavy (non-hydrogen) atoms. The third-order valence-corrected chi connectivity index (χ3v) is 3.50. The van der Waals surface area contributed by atoms with Crippen molar-refractivity contribution in [1.29, 1.82) is 0 Å². The molecule has 0 unspecified atom stereocenters. The molecule has 0 aliphatic carbocycles. The fraction of sp³-hybridized carbons (Fsp3) is 0.167. The second kappa shape index (κ2) is 7.14. The van der Waals surface area contributed by atoms with Gasteiger partial charge in [0.05, 0.1) is 0 Å². The predicted octanol–water partition coefficient (Wildman–Crippen LogP) is 3.28. The fourth-order valence-corrected chi connectivity index (χ4v) is 2.26. The molecule has 0 aliphatic rings. The number of carbonyl (C=O) groups excluding carboxylic acids is 2. The Balaban J connectivity index is 1.78. The van der Waals surface area contributed by atoms with Crippen LogP contribution in [0.2, 0.25) is 0 Å². The summed E-state index contributed by atoms with van der Waals surface area (Å²) < 4.78 is 4.92. The molecule has 0 radical (unpaired) electrons. The van der Waals surface area contributed by atoms with E-state index in [1.54, 1.807) is 50.2 Å². The van der Waals surface area contributed by atoms with Crippen LogP contribution >= 0.6 is 0 Å². The lowest BCUT2D eigenvalue weighted by Gasteiger charge is -2.08. The van der Waals surface area contributed by atoms with Crippen LogP contribution < -0.4 is 10.6 Å². The molecule has 2 aromatic heterocycles. The lowest BCUT2D eigenvalue weighted by atomic mass is 10.1. The third kappa shape index (κ3) is 4.10. The van der Waals surface area contributed by atoms with E-state index in [1.807, 2.05) is 0 Å². The van der Waals surface area contributed by atoms with Crippen LogP contribution in [-0.2, 0) is 0 Å². The average molecular weight is 351 g/mol. The molecule has 8 nitrogen and oxygen atoms in total. The zero-order valence-electron chi connectivity index (χ0n) is 14.5. The van der Waals surface area contributed by atoms with Gasteiger partial charge in [-0.3, -0.25) is 9.59 Å². The molecule has 1 amide bonds. The zero-order chi connectivity index (χ0) is 18.7. The van der Waals surface area contributed by atoms with Gasteiger partial charge in [0.1, 0.15) is 11.5 Å². The minimum absolute atomic E-state index is 0.00888. The maximum absolute atomic E-state index is 12.4. The standard InChI is InChI=1S/C18H17N5O3/c1-10-8-15(17(25)22-16-9-11(2)26-23-16)21-18(19-10)20-14-6-4-13(5-7-14)12(3)24/h4-9H,1-3H3,(H,19,20,21)(H,22,23,25). The Labute approximate surface area is 149 Å². The summed E-state index contributed by atoms with van der Waals surface area (Å²) in [6.07, 6.45) is 0. The normalized spacial score (nSPS) is 10.4. The van der Waals surface area contributed by atoms with E-state index < -0.39 is 5.91 Å². The van der Waals surface area contributed by atoms with Crippen LogP contribution in [0.5, 0.6) is 0 Å². The Bertz CT molecular complexity index is 963. The molecule has 132 valence electrons. The third-order valence-electron chi connectivity index (χ3n) is 3.50. The summed E-state index contributed by atoms with van der Waals surface area (Å²) in [6.45, 7) is 5.01. The monoisotopic (exact) mass is 351 g/mol. The van der Waals surface area contributed by atoms with E-state index >= 15 is 0 Å². The van der Waals surface area contributed by atoms with Crippen LogP contribution in [-0.4, -0.2) is 26.8 Å². The van der Waals surface area contributed by atoms with E-state index in [2.05, 4.69) is 25.8 Å². The van der Waals surface area contributed by atoms with Crippen molar-refractivity contribution in [2.75, 3.05) is 10.6 Å². The number of amides is 1. The zero-order valence-corrected chi connectivity index (χ0v) is 14.5. The van der Waals surface area contributed by atoms with Gasteiger partial charge in [0.25, 0.3) is 5.91 Å². The minimum Gasteiger partial charge on any atom is -0.360 e. The Morgan fingerprint density at radius 3 is 2.38 bits per heavy atom. The summed E-state index contributed by atoms with van der Waals surface area (Å²) in [4.78, 5) is 32.2. The first-order chi connectivity index (χ1) is 12.4. The molecule has 3 aromatic rings. The topological polar surface area (TPSA) is 110 Å². The highest BCUT2D eigenvalue weighted by molar-refractivity contribution is 6.02. The van der Waals surface area contributed by atoms with Gasteiger partial charge in [-0.2, -0.15) is 0 Å². The van der Waals surface area contributed by atoms with Crippen LogP contribution in [0.25, 0.3) is 0 Å². The maximum Gasteiger partial charge on any atom is 0.275 e. The number of nitrogens with one attached hydrogen (secondary N) is 2. The van der Waals surface area contributed by atoms with Gasteiger partial charge < -0.3 is 15.2 Å². The van der Waals surface area contributed by atoms with Gasteiger partial charge in [0.2, 0.25) is 5.95 Å². The molecule has 0 aliphatic heterocycles. The molecule has 0 atom stereocenters. The second-order valence-electron chi connectivity index (χ2n) is 5.75. The Kier molecular flexibility index (Phi) is 4.74. The SMILES string of the molecule is CC(=O)c1ccc(Nc2nc(C)cc(C(=O)Nc3cc(C)on3)n2)cc1. The number of benzene rings is 1. The molecule has 0 spiro atoms. The molecule has 2 N–H and O–H groups in total. The minimum atomic E-state index is -0.418. The molecule has 2 heterocycles. The van der Waals surface area contributed by atoms with E-state index in [9.17, 15) is 9.59 Å². The fourth-order valence-electron chi connectivity index (χ4n) is 2.26. The first kappa shape index (κ1) is 17.3. The van der Waals surface area contributed by atoms with E-state index in [0.29, 0.717) is 28.5 Å². The first-order valence-corrected chi connectivity index (χ1v) is 7.89. The first-order valence-electron chi connectivity index (χ1n) is 7.89. The Morgan fingerprint density at radius 1 is 1.04 bits per heavy atom. The van der Waals surface area contributed by atoms with Crippen molar-refractivity contribution in [3.8, 4) is 0 Å². The van der Waals surface area contributed by atoms with E-state index in [-0.39, 0.29) is 17.4 Å². The van der Waals surface area contributed by atoms with Crippen molar-refractivity contribution in [2.45, 2.75) is 20.8 Å². The summed E-state index contributed by atoms with van der Waals surface area (Å²) >= 11 is 0. The smallest absolute Gasteiger partial charge is 0.275 e. The van der Waals surface area contributed by atoms with Crippen LogP contribution in [0, 0.1) is 13.8 Å². The van der Waals surface area contributed by atoms with Crippen LogP contribution in [0.3, 0.4) is 0 Å². The summed E-state index contributed by atoms with van der Waals surface area (Å²) in [7, 11) is 0. The van der Waals surface area contributed by atoms with Crippen LogP contribution in [0.1, 0.15) is 39.2 Å². The molecule has 0 saturated carbocycles. The molecule has 8 heteroatoms. The number of aromatic nitrogens is 3. The van der Waals surface area contributed by atoms with Crippen molar-refractivity contribution in [3.05, 3.63) is 59.1 Å². The number of nitrogens with zero attached hydrogens (tertiary/aromatic N) is 3. The maximum atomic E-state index is 12.4. The number of aryl methyl sites for hydroxylation is 2. The van der Waals surface area contributed by atoms with Gasteiger partial charge >= 0.3 is 0 Å². The number of Topliss-reactive ketones (excluding diaryl/α,β-unsaturated/α-hetero) is 1. The summed E-state index contributed by atoms with van der Waals surface area (Å²) in [5.74, 6) is 0.764. The Morgan fingerprint density at radius 2 is 1.77 bits per heavy atom. The highest BCUT2D eigenvalue weighted by Crippen LogP contribution is 2.16. The summed E-state index contributed by atoms with van der Waals surface area (Å²) in [6, 6.07) is 10.1. The molecule has 1 aromatic carbocycles. The van der Waals surface area contributed by atoms with E-state index in [0.717, 1.165) is 0 Å². The van der Waals surface area contributed by atoms with Gasteiger partial charge in [-0.1, -0.05) is 5.16 Å². The number of rotatable bonds is 5. The van der Waals surface area contributed by atoms with Gasteiger partial charge in [-0.25, -0.2) is 9.97 Å². The quantitative estimate of drug-likeness (QED) is 0.679. The molecule has 3 rings (SSSR count). The van der Waals surface area contributed by atoms with Gasteiger partial charge in [-0.05, 0) is 51.1 Å². The van der Waals surface area contributed by atoms with E-state index in [4.69, 9.17) is 4.52 Å². The largest absolute Gasteiger partial charge is 0.360 e. The van der Waals surface area contributed by atoms with Gasteiger partial charge in [0, 0.05) is 23.0 Å². The van der Waals surface area contributed by atoms with E-state index in [1.165, 1.54) is 6.92 Å². The number of anilines is 3. The van der Waals surface area contributed by atoms with Crippen molar-refractivity contribution in [2.24, 2.45) is 0 Å². The lowest BCUT2D eigenvalue weighted by Crippen LogP contribution is -2.15.